The number of hydrogen-bond acceptors (Lipinski definition) is 10. The zero-order chi connectivity index (χ0) is 28.7. The van der Waals surface area contributed by atoms with Crippen molar-refractivity contribution in [1.29, 1.82) is 0 Å². The lowest BCUT2D eigenvalue weighted by Crippen LogP contribution is -2.47. The first-order chi connectivity index (χ1) is 19.7. The van der Waals surface area contributed by atoms with Gasteiger partial charge in [-0.15, -0.1) is 5.10 Å². The molecule has 1 fully saturated rings. The van der Waals surface area contributed by atoms with Gasteiger partial charge in [0.2, 0.25) is 11.9 Å². The molecule has 0 radical (unpaired) electrons. The number of anilines is 3. The van der Waals surface area contributed by atoms with Crippen molar-refractivity contribution in [3.05, 3.63) is 66.9 Å². The van der Waals surface area contributed by atoms with Gasteiger partial charge in [-0.25, -0.2) is 29.0 Å². The number of carbonyl (C=O) groups is 1. The Bertz CT molecular complexity index is 1820. The number of aromatic nitrogens is 7. The predicted molar refractivity (Wildman–Crippen MR) is 152 cm³/mol. The van der Waals surface area contributed by atoms with E-state index >= 15 is 4.39 Å². The minimum absolute atomic E-state index is 0.209. The van der Waals surface area contributed by atoms with Gasteiger partial charge in [0, 0.05) is 31.8 Å². The Balaban J connectivity index is 1.25. The molecule has 0 bridgehead atoms. The maximum absolute atomic E-state index is 15.6. The van der Waals surface area contributed by atoms with Gasteiger partial charge < -0.3 is 20.3 Å². The summed E-state index contributed by atoms with van der Waals surface area (Å²) in [5.41, 5.74) is 2.57. The fourth-order valence-corrected chi connectivity index (χ4v) is 4.88. The normalized spacial score (nSPS) is 16.7. The third kappa shape index (κ3) is 4.97. The number of nitrogens with one attached hydrogen (secondary N) is 2. The standard InChI is InChI=1S/C28H27FN10O2/c1-5-23(40)35-28(3)10-11-39(14-28)27-30-13-20-25(34-27)26(32-15-31-20)33-18-7-9-22(16(2)24(18)29)41-17-6-8-21-19(12-17)36-37-38(21)4/h5-9,12-13,15H,1,10-11,14H2,2-4H3,(H,35,40)(H,31,32,33)/t28-/m1/s1. The summed E-state index contributed by atoms with van der Waals surface area (Å²) in [4.78, 5) is 31.6. The average molecular weight is 555 g/mol. The Kier molecular flexibility index (Phi) is 6.40. The zero-order valence-corrected chi connectivity index (χ0v) is 22.7. The molecule has 0 saturated carbocycles. The van der Waals surface area contributed by atoms with Crippen molar-refractivity contribution >= 4 is 45.4 Å². The van der Waals surface area contributed by atoms with Crippen LogP contribution in [0.3, 0.4) is 0 Å². The van der Waals surface area contributed by atoms with Crippen LogP contribution in [0, 0.1) is 12.7 Å². The number of ether oxygens (including phenoxy) is 1. The number of halogens is 1. The van der Waals surface area contributed by atoms with Gasteiger partial charge in [-0.05, 0) is 50.6 Å². The summed E-state index contributed by atoms with van der Waals surface area (Å²) in [5.74, 6) is 0.975. The van der Waals surface area contributed by atoms with E-state index in [4.69, 9.17) is 9.72 Å². The van der Waals surface area contributed by atoms with Crippen LogP contribution in [0.5, 0.6) is 11.5 Å². The SMILES string of the molecule is C=CC(=O)N[C@]1(C)CCN(c2ncc3ncnc(Nc4ccc(Oc5ccc6c(c5)nnn6C)c(C)c4F)c3n2)C1. The van der Waals surface area contributed by atoms with Crippen molar-refractivity contribution in [1.82, 2.24) is 40.2 Å². The molecule has 12 nitrogen and oxygen atoms in total. The van der Waals surface area contributed by atoms with E-state index in [1.807, 2.05) is 24.9 Å². The molecule has 6 rings (SSSR count). The van der Waals surface area contributed by atoms with Crippen molar-refractivity contribution in [2.75, 3.05) is 23.3 Å². The molecule has 0 unspecified atom stereocenters. The predicted octanol–water partition coefficient (Wildman–Crippen LogP) is 3.96. The van der Waals surface area contributed by atoms with E-state index in [1.165, 1.54) is 12.4 Å². The molecule has 208 valence electrons. The van der Waals surface area contributed by atoms with Gasteiger partial charge in [0.15, 0.2) is 11.6 Å². The third-order valence-corrected chi connectivity index (χ3v) is 7.13. The number of nitrogens with zero attached hydrogens (tertiary/aromatic N) is 8. The van der Waals surface area contributed by atoms with Crippen LogP contribution in [0.15, 0.2) is 55.5 Å². The van der Waals surface area contributed by atoms with Gasteiger partial charge in [-0.1, -0.05) is 11.8 Å². The second-order valence-corrected chi connectivity index (χ2v) is 10.2. The highest BCUT2D eigenvalue weighted by Gasteiger charge is 2.36. The number of fused-ring (bicyclic) bond motifs is 2. The number of hydrogen-bond donors (Lipinski definition) is 2. The molecule has 0 spiro atoms. The molecule has 5 aromatic rings. The number of carbonyl (C=O) groups excluding carboxylic acids is 1. The molecule has 1 aliphatic rings. The van der Waals surface area contributed by atoms with Crippen LogP contribution >= 0.6 is 0 Å². The van der Waals surface area contributed by atoms with E-state index in [0.717, 1.165) is 11.9 Å². The first-order valence-electron chi connectivity index (χ1n) is 12.9. The molecule has 3 aromatic heterocycles. The molecule has 1 saturated heterocycles. The van der Waals surface area contributed by atoms with E-state index in [-0.39, 0.29) is 11.6 Å². The van der Waals surface area contributed by atoms with Crippen LogP contribution < -0.4 is 20.3 Å². The molecule has 2 aromatic carbocycles. The Morgan fingerprint density at radius 3 is 2.88 bits per heavy atom. The number of rotatable bonds is 7. The Morgan fingerprint density at radius 2 is 2.05 bits per heavy atom. The Labute approximate surface area is 234 Å². The van der Waals surface area contributed by atoms with Crippen molar-refractivity contribution in [3.63, 3.8) is 0 Å². The molecule has 4 heterocycles. The number of benzene rings is 2. The second-order valence-electron chi connectivity index (χ2n) is 10.2. The molecule has 1 amide bonds. The number of aryl methyl sites for hydroxylation is 1. The lowest BCUT2D eigenvalue weighted by Gasteiger charge is -2.25. The van der Waals surface area contributed by atoms with Crippen molar-refractivity contribution in [3.8, 4) is 11.5 Å². The maximum atomic E-state index is 15.6. The van der Waals surface area contributed by atoms with E-state index in [1.54, 1.807) is 42.1 Å². The van der Waals surface area contributed by atoms with Crippen LogP contribution in [0.2, 0.25) is 0 Å². The fraction of sp³-hybridized carbons (Fsp3) is 0.250. The molecule has 0 aliphatic carbocycles. The summed E-state index contributed by atoms with van der Waals surface area (Å²) in [6.45, 7) is 8.31. The van der Waals surface area contributed by atoms with Gasteiger partial charge in [-0.2, -0.15) is 0 Å². The van der Waals surface area contributed by atoms with Gasteiger partial charge >= 0.3 is 0 Å². The molecule has 1 atom stereocenters. The smallest absolute Gasteiger partial charge is 0.243 e. The van der Waals surface area contributed by atoms with Crippen molar-refractivity contribution in [2.24, 2.45) is 7.05 Å². The summed E-state index contributed by atoms with van der Waals surface area (Å²) < 4.78 is 23.2. The largest absolute Gasteiger partial charge is 0.457 e. The minimum atomic E-state index is -0.489. The van der Waals surface area contributed by atoms with Gasteiger partial charge in [0.05, 0.1) is 22.9 Å². The van der Waals surface area contributed by atoms with Crippen molar-refractivity contribution in [2.45, 2.75) is 25.8 Å². The first kappa shape index (κ1) is 26.0. The quantitative estimate of drug-likeness (QED) is 0.285. The highest BCUT2D eigenvalue weighted by molar-refractivity contribution is 5.88. The van der Waals surface area contributed by atoms with Crippen LogP contribution in [-0.4, -0.2) is 59.5 Å². The monoisotopic (exact) mass is 554 g/mol. The van der Waals surface area contributed by atoms with E-state index in [0.29, 0.717) is 58.5 Å². The Hall–Kier alpha value is -5.20. The summed E-state index contributed by atoms with van der Waals surface area (Å²) in [5, 5.41) is 14.1. The summed E-state index contributed by atoms with van der Waals surface area (Å²) in [7, 11) is 1.81. The topological polar surface area (TPSA) is 136 Å². The zero-order valence-electron chi connectivity index (χ0n) is 22.7. The van der Waals surface area contributed by atoms with Crippen molar-refractivity contribution < 1.29 is 13.9 Å². The molecule has 13 heteroatoms. The molecular weight excluding hydrogens is 527 g/mol. The lowest BCUT2D eigenvalue weighted by molar-refractivity contribution is -0.117. The van der Waals surface area contributed by atoms with Crippen LogP contribution in [0.4, 0.5) is 21.8 Å². The summed E-state index contributed by atoms with van der Waals surface area (Å²) >= 11 is 0. The molecule has 2 N–H and O–H groups in total. The average Bonchev–Trinajstić information content (AvgIpc) is 3.54. The van der Waals surface area contributed by atoms with E-state index < -0.39 is 11.4 Å². The van der Waals surface area contributed by atoms with Gasteiger partial charge in [0.1, 0.15) is 34.4 Å². The fourth-order valence-electron chi connectivity index (χ4n) is 4.88. The first-order valence-corrected chi connectivity index (χ1v) is 12.9. The molecule has 41 heavy (non-hydrogen) atoms. The van der Waals surface area contributed by atoms with Crippen LogP contribution in [0.25, 0.3) is 22.1 Å². The van der Waals surface area contributed by atoms with Crippen LogP contribution in [-0.2, 0) is 11.8 Å². The highest BCUT2D eigenvalue weighted by Crippen LogP contribution is 2.34. The summed E-state index contributed by atoms with van der Waals surface area (Å²) in [6.07, 6.45) is 4.95. The van der Waals surface area contributed by atoms with E-state index in [2.05, 4.69) is 42.5 Å². The molecular formula is C28H27FN10O2. The summed E-state index contributed by atoms with van der Waals surface area (Å²) in [6, 6.07) is 8.67. The van der Waals surface area contributed by atoms with Gasteiger partial charge in [-0.3, -0.25) is 4.79 Å². The molecule has 1 aliphatic heterocycles. The highest BCUT2D eigenvalue weighted by atomic mass is 19.1. The third-order valence-electron chi connectivity index (χ3n) is 7.13. The minimum Gasteiger partial charge on any atom is -0.457 e. The second kappa shape index (κ2) is 10.1. The number of amides is 1. The maximum Gasteiger partial charge on any atom is 0.243 e. The van der Waals surface area contributed by atoms with Gasteiger partial charge in [0.25, 0.3) is 0 Å². The van der Waals surface area contributed by atoms with E-state index in [9.17, 15) is 4.79 Å². The van der Waals surface area contributed by atoms with Crippen LogP contribution in [0.1, 0.15) is 18.9 Å². The Morgan fingerprint density at radius 1 is 1.20 bits per heavy atom. The lowest BCUT2D eigenvalue weighted by atomic mass is 10.0.